The van der Waals surface area contributed by atoms with Crippen LogP contribution in [0.1, 0.15) is 37.7 Å². The number of H-pyrrole nitrogens is 1. The number of hydrogen-bond acceptors (Lipinski definition) is 3. The number of anilines is 1. The fourth-order valence-electron chi connectivity index (χ4n) is 5.03. The lowest BCUT2D eigenvalue weighted by molar-refractivity contribution is -0.132. The van der Waals surface area contributed by atoms with Crippen molar-refractivity contribution in [2.24, 2.45) is 29.6 Å². The Kier molecular flexibility index (Phi) is 2.59. The first-order valence-corrected chi connectivity index (χ1v) is 7.49. The number of nitrogens with zero attached hydrogens (tertiary/aromatic N) is 2. The molecule has 20 heavy (non-hydrogen) atoms. The fourth-order valence-corrected chi connectivity index (χ4v) is 5.03. The highest BCUT2D eigenvalue weighted by atomic mass is 16.2. The number of aromatic nitrogens is 2. The molecule has 0 aliphatic heterocycles. The maximum atomic E-state index is 12.6. The van der Waals surface area contributed by atoms with Gasteiger partial charge in [-0.3, -0.25) is 9.89 Å². The number of carbonyl (C=O) groups excluding carboxylic acids is 1. The van der Waals surface area contributed by atoms with E-state index < -0.39 is 0 Å². The van der Waals surface area contributed by atoms with Crippen LogP contribution in [0.3, 0.4) is 0 Å². The van der Waals surface area contributed by atoms with Crippen molar-refractivity contribution in [1.82, 2.24) is 10.2 Å². The number of rotatable bonds is 2. The van der Waals surface area contributed by atoms with E-state index in [9.17, 15) is 4.79 Å². The van der Waals surface area contributed by atoms with Crippen LogP contribution in [0, 0.1) is 40.9 Å². The maximum Gasteiger partial charge on any atom is 0.229 e. The number of aromatic amines is 1. The van der Waals surface area contributed by atoms with E-state index in [4.69, 9.17) is 5.26 Å². The van der Waals surface area contributed by atoms with Gasteiger partial charge in [-0.05, 0) is 55.8 Å². The highest BCUT2D eigenvalue weighted by Crippen LogP contribution is 2.56. The first kappa shape index (κ1) is 12.0. The van der Waals surface area contributed by atoms with Crippen molar-refractivity contribution in [1.29, 1.82) is 5.26 Å². The monoisotopic (exact) mass is 270 g/mol. The number of nitriles is 1. The molecule has 0 aromatic carbocycles. The van der Waals surface area contributed by atoms with Crippen LogP contribution in [0.5, 0.6) is 0 Å². The molecule has 4 aliphatic carbocycles. The summed E-state index contributed by atoms with van der Waals surface area (Å²) in [4.78, 5) is 12.6. The molecule has 0 radical (unpaired) electrons. The first-order valence-electron chi connectivity index (χ1n) is 7.49. The molecule has 1 amide bonds. The van der Waals surface area contributed by atoms with Crippen molar-refractivity contribution < 1.29 is 4.79 Å². The second-order valence-electron chi connectivity index (χ2n) is 6.72. The Morgan fingerprint density at radius 3 is 2.50 bits per heavy atom. The molecule has 0 spiro atoms. The SMILES string of the molecule is N#Cc1cn[nH]c1NC(=O)C1C2CC3CC(C2)CC1C3. The summed E-state index contributed by atoms with van der Waals surface area (Å²) in [6.45, 7) is 0. The van der Waals surface area contributed by atoms with Crippen molar-refractivity contribution in [3.8, 4) is 6.07 Å². The minimum absolute atomic E-state index is 0.0829. The van der Waals surface area contributed by atoms with Crippen LogP contribution in [-0.4, -0.2) is 16.1 Å². The predicted molar refractivity (Wildman–Crippen MR) is 72.5 cm³/mol. The topological polar surface area (TPSA) is 81.6 Å². The van der Waals surface area contributed by atoms with E-state index in [-0.39, 0.29) is 11.8 Å². The van der Waals surface area contributed by atoms with Gasteiger partial charge in [0.05, 0.1) is 6.20 Å². The summed E-state index contributed by atoms with van der Waals surface area (Å²) in [6, 6.07) is 2.04. The van der Waals surface area contributed by atoms with Crippen molar-refractivity contribution in [3.63, 3.8) is 0 Å². The minimum atomic E-state index is 0.0829. The summed E-state index contributed by atoms with van der Waals surface area (Å²) in [5.41, 5.74) is 0.405. The summed E-state index contributed by atoms with van der Waals surface area (Å²) in [6.07, 6.45) is 7.73. The molecular formula is C15H18N4O. The van der Waals surface area contributed by atoms with Gasteiger partial charge in [-0.25, -0.2) is 0 Å². The molecule has 5 nitrogen and oxygen atoms in total. The quantitative estimate of drug-likeness (QED) is 0.865. The third-order valence-corrected chi connectivity index (χ3v) is 5.54. The van der Waals surface area contributed by atoms with Crippen molar-refractivity contribution in [3.05, 3.63) is 11.8 Å². The maximum absolute atomic E-state index is 12.6. The van der Waals surface area contributed by atoms with Gasteiger partial charge >= 0.3 is 0 Å². The van der Waals surface area contributed by atoms with Gasteiger partial charge in [-0.1, -0.05) is 0 Å². The Balaban J connectivity index is 1.53. The zero-order chi connectivity index (χ0) is 13.7. The number of carbonyl (C=O) groups is 1. The van der Waals surface area contributed by atoms with E-state index in [1.54, 1.807) is 0 Å². The summed E-state index contributed by atoms with van der Waals surface area (Å²) in [5, 5.41) is 18.4. The molecule has 1 heterocycles. The third-order valence-electron chi connectivity index (χ3n) is 5.54. The van der Waals surface area contributed by atoms with E-state index in [1.165, 1.54) is 38.3 Å². The smallest absolute Gasteiger partial charge is 0.229 e. The number of amides is 1. The van der Waals surface area contributed by atoms with Gasteiger partial charge < -0.3 is 5.32 Å². The Bertz CT molecular complexity index is 557. The summed E-state index contributed by atoms with van der Waals surface area (Å²) in [5.74, 6) is 3.51. The van der Waals surface area contributed by atoms with Gasteiger partial charge in [0, 0.05) is 5.92 Å². The van der Waals surface area contributed by atoms with Crippen molar-refractivity contribution >= 4 is 11.7 Å². The lowest BCUT2D eigenvalue weighted by atomic mass is 9.51. The van der Waals surface area contributed by atoms with Crippen LogP contribution in [0.15, 0.2) is 6.20 Å². The molecule has 5 rings (SSSR count). The van der Waals surface area contributed by atoms with Crippen LogP contribution < -0.4 is 5.32 Å². The molecule has 4 saturated carbocycles. The molecule has 0 atom stereocenters. The Hall–Kier alpha value is -1.83. The van der Waals surface area contributed by atoms with Crippen LogP contribution >= 0.6 is 0 Å². The first-order chi connectivity index (χ1) is 9.74. The minimum Gasteiger partial charge on any atom is -0.310 e. The third kappa shape index (κ3) is 1.75. The second-order valence-corrected chi connectivity index (χ2v) is 6.72. The summed E-state index contributed by atoms with van der Waals surface area (Å²) in [7, 11) is 0. The van der Waals surface area contributed by atoms with Crippen LogP contribution in [0.25, 0.3) is 0 Å². The lowest BCUT2D eigenvalue weighted by Gasteiger charge is -2.53. The zero-order valence-corrected chi connectivity index (χ0v) is 11.3. The number of hydrogen-bond donors (Lipinski definition) is 2. The van der Waals surface area contributed by atoms with E-state index in [0.717, 1.165) is 11.8 Å². The summed E-state index contributed by atoms with van der Waals surface area (Å²) >= 11 is 0. The number of nitrogens with one attached hydrogen (secondary N) is 2. The van der Waals surface area contributed by atoms with Gasteiger partial charge in [-0.15, -0.1) is 0 Å². The Morgan fingerprint density at radius 1 is 1.25 bits per heavy atom. The lowest BCUT2D eigenvalue weighted by Crippen LogP contribution is -2.49. The molecule has 1 aromatic rings. The molecular weight excluding hydrogens is 252 g/mol. The highest BCUT2D eigenvalue weighted by Gasteiger charge is 2.50. The van der Waals surface area contributed by atoms with Crippen LogP contribution in [-0.2, 0) is 4.79 Å². The molecule has 4 bridgehead atoms. The van der Waals surface area contributed by atoms with Crippen LogP contribution in [0.2, 0.25) is 0 Å². The van der Waals surface area contributed by atoms with Gasteiger partial charge in [0.1, 0.15) is 17.5 Å². The molecule has 0 saturated heterocycles. The molecule has 4 fully saturated rings. The predicted octanol–water partition coefficient (Wildman–Crippen LogP) is 2.29. The van der Waals surface area contributed by atoms with Gasteiger partial charge in [0.2, 0.25) is 5.91 Å². The molecule has 4 aliphatic rings. The van der Waals surface area contributed by atoms with Gasteiger partial charge in [0.15, 0.2) is 0 Å². The molecule has 1 aromatic heterocycles. The largest absolute Gasteiger partial charge is 0.310 e. The highest BCUT2D eigenvalue weighted by molar-refractivity contribution is 5.93. The van der Waals surface area contributed by atoms with Crippen molar-refractivity contribution in [2.75, 3.05) is 5.32 Å². The van der Waals surface area contributed by atoms with Crippen LogP contribution in [0.4, 0.5) is 5.82 Å². The molecule has 0 unspecified atom stereocenters. The Labute approximate surface area is 117 Å². The zero-order valence-electron chi connectivity index (χ0n) is 11.3. The molecule has 104 valence electrons. The molecule has 5 heteroatoms. The van der Waals surface area contributed by atoms with E-state index >= 15 is 0 Å². The standard InChI is InChI=1S/C15H18N4O/c16-6-12-7-17-19-14(12)18-15(20)13-10-2-8-1-9(4-10)5-11(13)3-8/h7-11,13H,1-5H2,(H2,17,18,19,20). The normalized spacial score (nSPS) is 37.6. The van der Waals surface area contributed by atoms with Gasteiger partial charge in [0.25, 0.3) is 0 Å². The second kappa shape index (κ2) is 4.34. The summed E-state index contributed by atoms with van der Waals surface area (Å²) < 4.78 is 0. The fraction of sp³-hybridized carbons (Fsp3) is 0.667. The van der Waals surface area contributed by atoms with Gasteiger partial charge in [-0.2, -0.15) is 10.4 Å². The van der Waals surface area contributed by atoms with E-state index in [0.29, 0.717) is 23.2 Å². The molecule has 2 N–H and O–H groups in total. The average molecular weight is 270 g/mol. The Morgan fingerprint density at radius 2 is 1.90 bits per heavy atom. The van der Waals surface area contributed by atoms with E-state index in [1.807, 2.05) is 6.07 Å². The average Bonchev–Trinajstić information content (AvgIpc) is 2.84. The van der Waals surface area contributed by atoms with E-state index in [2.05, 4.69) is 15.5 Å². The van der Waals surface area contributed by atoms with Crippen molar-refractivity contribution in [2.45, 2.75) is 32.1 Å².